The summed E-state index contributed by atoms with van der Waals surface area (Å²) in [6.45, 7) is 6.32. The smallest absolute Gasteiger partial charge is 0.262 e. The zero-order valence-corrected chi connectivity index (χ0v) is 22.3. The first-order chi connectivity index (χ1) is 17.7. The molecule has 0 spiro atoms. The summed E-state index contributed by atoms with van der Waals surface area (Å²) in [7, 11) is -2.82. The molecule has 1 aliphatic rings. The Kier molecular flexibility index (Phi) is 8.29. The first-order valence-electron chi connectivity index (χ1n) is 11.7. The lowest BCUT2D eigenvalue weighted by Gasteiger charge is -2.26. The SMILES string of the molecule is CCN(CC)c1ccc2c(c1)Oc1ccccc1/C2=C\C=C\c1sc2ccccc2[n+]1C.[O-][Cl+3]([O-])([O-])[O-]. The van der Waals surface area contributed by atoms with E-state index in [1.165, 1.54) is 26.5 Å². The number of aryl methyl sites for hydroxylation is 1. The van der Waals surface area contributed by atoms with E-state index in [-0.39, 0.29) is 0 Å². The summed E-state index contributed by atoms with van der Waals surface area (Å²) in [5, 5.41) is 1.22. The number of ether oxygens (including phenoxy) is 1. The van der Waals surface area contributed by atoms with Crippen LogP contribution in [0.3, 0.4) is 0 Å². The first-order valence-corrected chi connectivity index (χ1v) is 13.8. The highest BCUT2D eigenvalue weighted by molar-refractivity contribution is 7.18. The van der Waals surface area contributed by atoms with Gasteiger partial charge in [-0.15, -0.1) is 10.2 Å². The molecule has 0 saturated carbocycles. The number of para-hydroxylation sites is 2. The molecule has 9 heteroatoms. The number of fused-ring (bicyclic) bond motifs is 3. The van der Waals surface area contributed by atoms with Gasteiger partial charge in [0, 0.05) is 48.1 Å². The molecular weight excluding hydrogens is 512 g/mol. The molecule has 0 bridgehead atoms. The normalized spacial score (nSPS) is 13.6. The number of thiazole rings is 1. The molecule has 0 N–H and O–H groups in total. The van der Waals surface area contributed by atoms with Crippen molar-refractivity contribution >= 4 is 38.9 Å². The van der Waals surface area contributed by atoms with Gasteiger partial charge < -0.3 is 9.64 Å². The van der Waals surface area contributed by atoms with Crippen LogP contribution in [0.25, 0.3) is 21.9 Å². The summed E-state index contributed by atoms with van der Waals surface area (Å²) >= 11 is 1.81. The lowest BCUT2D eigenvalue weighted by atomic mass is 9.93. The molecule has 7 nitrogen and oxygen atoms in total. The molecule has 0 radical (unpaired) electrons. The second-order valence-corrected chi connectivity index (χ2v) is 10.1. The number of hydrogen-bond donors (Lipinski definition) is 0. The second-order valence-electron chi connectivity index (χ2n) is 8.24. The zero-order valence-electron chi connectivity index (χ0n) is 20.7. The molecule has 37 heavy (non-hydrogen) atoms. The molecule has 3 aromatic carbocycles. The number of nitrogens with zero attached hydrogens (tertiary/aromatic N) is 2. The second kappa shape index (κ2) is 11.4. The van der Waals surface area contributed by atoms with Gasteiger partial charge in [-0.25, -0.2) is 18.6 Å². The molecule has 0 saturated heterocycles. The van der Waals surface area contributed by atoms with Gasteiger partial charge in [-0.3, -0.25) is 0 Å². The molecule has 0 unspecified atom stereocenters. The van der Waals surface area contributed by atoms with Gasteiger partial charge in [-0.05, 0) is 43.7 Å². The van der Waals surface area contributed by atoms with Crippen LogP contribution in [0.1, 0.15) is 30.0 Å². The van der Waals surface area contributed by atoms with Gasteiger partial charge in [0.25, 0.3) is 5.01 Å². The third-order valence-corrected chi connectivity index (χ3v) is 7.24. The van der Waals surface area contributed by atoms with E-state index in [1.54, 1.807) is 0 Å². The van der Waals surface area contributed by atoms with Crippen molar-refractivity contribution in [2.45, 2.75) is 13.8 Å². The van der Waals surface area contributed by atoms with Gasteiger partial charge in [0.2, 0.25) is 5.52 Å². The van der Waals surface area contributed by atoms with Crippen LogP contribution in [-0.2, 0) is 7.05 Å². The third-order valence-electron chi connectivity index (χ3n) is 6.05. The fourth-order valence-electron chi connectivity index (χ4n) is 4.32. The Bertz CT molecular complexity index is 1450. The average molecular weight is 539 g/mol. The van der Waals surface area contributed by atoms with Crippen molar-refractivity contribution in [3.05, 3.63) is 95.0 Å². The summed E-state index contributed by atoms with van der Waals surface area (Å²) < 4.78 is 43.8. The number of rotatable bonds is 5. The molecule has 0 atom stereocenters. The maximum atomic E-state index is 8.49. The van der Waals surface area contributed by atoms with Crippen LogP contribution in [0, 0.1) is 10.2 Å². The van der Waals surface area contributed by atoms with Crippen molar-refractivity contribution in [3.8, 4) is 11.5 Å². The van der Waals surface area contributed by atoms with Crippen LogP contribution >= 0.6 is 11.3 Å². The van der Waals surface area contributed by atoms with E-state index in [1.807, 2.05) is 23.5 Å². The summed E-state index contributed by atoms with van der Waals surface area (Å²) in [5.41, 5.74) is 5.90. The average Bonchev–Trinajstić information content (AvgIpc) is 3.18. The maximum absolute atomic E-state index is 8.49. The van der Waals surface area contributed by atoms with Crippen molar-refractivity contribution in [1.82, 2.24) is 0 Å². The summed E-state index contributed by atoms with van der Waals surface area (Å²) in [5.74, 6) is 1.82. The highest BCUT2D eigenvalue weighted by atomic mass is 35.7. The minimum Gasteiger partial charge on any atom is -0.456 e. The summed E-state index contributed by atoms with van der Waals surface area (Å²) in [6.07, 6.45) is 6.56. The zero-order chi connectivity index (χ0) is 26.6. The van der Waals surface area contributed by atoms with E-state index in [0.717, 1.165) is 35.7 Å². The van der Waals surface area contributed by atoms with Crippen molar-refractivity contribution < 1.29 is 38.2 Å². The molecular formula is C28H27ClN2O5S. The molecule has 5 rings (SSSR count). The number of aromatic nitrogens is 1. The van der Waals surface area contributed by atoms with E-state index in [9.17, 15) is 0 Å². The Balaban J connectivity index is 0.000000586. The van der Waals surface area contributed by atoms with Crippen molar-refractivity contribution in [1.29, 1.82) is 0 Å². The summed E-state index contributed by atoms with van der Waals surface area (Å²) in [6, 6.07) is 23.4. The van der Waals surface area contributed by atoms with E-state index in [0.29, 0.717) is 0 Å². The van der Waals surface area contributed by atoms with E-state index < -0.39 is 10.2 Å². The molecule has 0 amide bonds. The fourth-order valence-corrected chi connectivity index (χ4v) is 5.38. The van der Waals surface area contributed by atoms with Crippen molar-refractivity contribution in [2.75, 3.05) is 18.0 Å². The first kappa shape index (κ1) is 26.8. The quantitative estimate of drug-likeness (QED) is 0.317. The van der Waals surface area contributed by atoms with Crippen LogP contribution in [0.5, 0.6) is 11.5 Å². The number of allylic oxidation sites excluding steroid dienone is 2. The number of benzene rings is 3. The van der Waals surface area contributed by atoms with Crippen LogP contribution in [0.15, 0.2) is 78.9 Å². The molecule has 0 fully saturated rings. The predicted molar refractivity (Wildman–Crippen MR) is 136 cm³/mol. The minimum absolute atomic E-state index is 0.906. The highest BCUT2D eigenvalue weighted by Crippen LogP contribution is 2.44. The van der Waals surface area contributed by atoms with Crippen LogP contribution in [-0.4, -0.2) is 13.1 Å². The Hall–Kier alpha value is -3.24. The van der Waals surface area contributed by atoms with E-state index in [4.69, 9.17) is 23.4 Å². The van der Waals surface area contributed by atoms with Crippen molar-refractivity contribution in [3.63, 3.8) is 0 Å². The van der Waals surface area contributed by atoms with Gasteiger partial charge in [0.05, 0.1) is 0 Å². The number of halogens is 1. The topological polar surface area (TPSA) is 109 Å². The maximum Gasteiger partial charge on any atom is 0.262 e. The highest BCUT2D eigenvalue weighted by Gasteiger charge is 2.22. The standard InChI is InChI=1S/C28H27N2OS.ClHO4/c1-4-30(5-2)20-17-18-23-21(22-11-6-8-14-25(22)31-26(23)19-20)12-10-16-28-29(3)24-13-7-9-15-27(24)32-28;2-1(3,4)5/h6-19H,4-5H2,1-3H3;(H,2,3,4,5)/q+1;/p-1. The van der Waals surface area contributed by atoms with Gasteiger partial charge in [-0.2, -0.15) is 4.57 Å². The van der Waals surface area contributed by atoms with Gasteiger partial charge in [-0.1, -0.05) is 53.8 Å². The molecule has 2 heterocycles. The lowest BCUT2D eigenvalue weighted by Crippen LogP contribution is -2.68. The lowest BCUT2D eigenvalue weighted by molar-refractivity contribution is -2.00. The number of anilines is 1. The molecule has 1 aromatic heterocycles. The van der Waals surface area contributed by atoms with Crippen LogP contribution in [0.2, 0.25) is 0 Å². The Morgan fingerprint density at radius 3 is 2.24 bits per heavy atom. The molecule has 4 aromatic rings. The van der Waals surface area contributed by atoms with E-state index in [2.05, 4.69) is 103 Å². The van der Waals surface area contributed by atoms with Gasteiger partial charge in [0.15, 0.2) is 0 Å². The Morgan fingerprint density at radius 2 is 1.54 bits per heavy atom. The van der Waals surface area contributed by atoms with Crippen LogP contribution < -0.4 is 32.8 Å². The van der Waals surface area contributed by atoms with Crippen molar-refractivity contribution in [2.24, 2.45) is 7.05 Å². The molecule has 0 aliphatic carbocycles. The largest absolute Gasteiger partial charge is 0.456 e. The van der Waals surface area contributed by atoms with Crippen LogP contribution in [0.4, 0.5) is 5.69 Å². The van der Waals surface area contributed by atoms with Gasteiger partial charge >= 0.3 is 0 Å². The third kappa shape index (κ3) is 6.37. The Labute approximate surface area is 222 Å². The number of hydrogen-bond acceptors (Lipinski definition) is 7. The fraction of sp³-hybridized carbons (Fsp3) is 0.179. The monoisotopic (exact) mass is 538 g/mol. The van der Waals surface area contributed by atoms with E-state index >= 15 is 0 Å². The molecule has 1 aliphatic heterocycles. The van der Waals surface area contributed by atoms with Gasteiger partial charge in [0.1, 0.15) is 23.2 Å². The Morgan fingerprint density at radius 1 is 0.892 bits per heavy atom. The molecule has 192 valence electrons. The predicted octanol–water partition coefficient (Wildman–Crippen LogP) is 2.07. The summed E-state index contributed by atoms with van der Waals surface area (Å²) in [4.78, 5) is 2.34. The minimum atomic E-state index is -4.94.